The van der Waals surface area contributed by atoms with Crippen LogP contribution < -0.4 is 5.32 Å². The molecule has 0 aliphatic carbocycles. The summed E-state index contributed by atoms with van der Waals surface area (Å²) in [6, 6.07) is 0. The molecule has 0 saturated heterocycles. The number of carbonyl (C=O) groups excluding carboxylic acids is 1. The van der Waals surface area contributed by atoms with Crippen LogP contribution in [0.4, 0.5) is 0 Å². The molecule has 0 aromatic carbocycles. The predicted octanol–water partition coefficient (Wildman–Crippen LogP) is 1.56. The summed E-state index contributed by atoms with van der Waals surface area (Å²) in [5, 5.41) is 2.84. The standard InChI is InChI=1S/C8H17NO/c1-4-6-9-8(10)7(3)5-2/h7H,4-6H2,1-3H3,(H,9,10)/t7-/m0/s1. The van der Waals surface area contributed by atoms with Gasteiger partial charge in [0.15, 0.2) is 0 Å². The van der Waals surface area contributed by atoms with Crippen LogP contribution in [0, 0.1) is 5.92 Å². The Hall–Kier alpha value is -0.530. The van der Waals surface area contributed by atoms with Crippen LogP contribution in [-0.2, 0) is 4.79 Å². The molecule has 1 N–H and O–H groups in total. The lowest BCUT2D eigenvalue weighted by Crippen LogP contribution is -2.29. The molecule has 2 nitrogen and oxygen atoms in total. The Bertz CT molecular complexity index is 101. The normalized spacial score (nSPS) is 12.7. The van der Waals surface area contributed by atoms with E-state index in [9.17, 15) is 4.79 Å². The van der Waals surface area contributed by atoms with Crippen molar-refractivity contribution < 1.29 is 4.79 Å². The molecule has 1 atom stereocenters. The van der Waals surface area contributed by atoms with Gasteiger partial charge in [-0.3, -0.25) is 4.79 Å². The summed E-state index contributed by atoms with van der Waals surface area (Å²) >= 11 is 0. The zero-order chi connectivity index (χ0) is 7.98. The third kappa shape index (κ3) is 3.49. The second-order valence-corrected chi connectivity index (χ2v) is 2.60. The van der Waals surface area contributed by atoms with Gasteiger partial charge in [0.25, 0.3) is 0 Å². The summed E-state index contributed by atoms with van der Waals surface area (Å²) in [6.07, 6.45) is 1.94. The van der Waals surface area contributed by atoms with E-state index in [2.05, 4.69) is 12.2 Å². The summed E-state index contributed by atoms with van der Waals surface area (Å²) < 4.78 is 0. The van der Waals surface area contributed by atoms with Crippen LogP contribution in [0.3, 0.4) is 0 Å². The molecule has 0 aromatic heterocycles. The molecule has 0 unspecified atom stereocenters. The van der Waals surface area contributed by atoms with E-state index in [4.69, 9.17) is 0 Å². The van der Waals surface area contributed by atoms with Gasteiger partial charge in [-0.15, -0.1) is 0 Å². The Morgan fingerprint density at radius 3 is 2.50 bits per heavy atom. The lowest BCUT2D eigenvalue weighted by Gasteiger charge is -2.07. The Morgan fingerprint density at radius 2 is 2.10 bits per heavy atom. The maximum atomic E-state index is 11.0. The van der Waals surface area contributed by atoms with Crippen molar-refractivity contribution in [3.05, 3.63) is 0 Å². The smallest absolute Gasteiger partial charge is 0.222 e. The summed E-state index contributed by atoms with van der Waals surface area (Å²) in [6.45, 7) is 6.83. The van der Waals surface area contributed by atoms with Gasteiger partial charge in [0.1, 0.15) is 0 Å². The molecule has 0 radical (unpaired) electrons. The van der Waals surface area contributed by atoms with Crippen molar-refractivity contribution in [1.82, 2.24) is 5.32 Å². The van der Waals surface area contributed by atoms with Crippen LogP contribution >= 0.6 is 0 Å². The van der Waals surface area contributed by atoms with E-state index in [0.717, 1.165) is 19.4 Å². The first-order chi connectivity index (χ1) is 4.72. The van der Waals surface area contributed by atoms with Gasteiger partial charge in [-0.05, 0) is 12.8 Å². The highest BCUT2D eigenvalue weighted by Gasteiger charge is 2.07. The van der Waals surface area contributed by atoms with Crippen LogP contribution in [0.5, 0.6) is 0 Å². The van der Waals surface area contributed by atoms with Crippen molar-refractivity contribution >= 4 is 5.91 Å². The minimum Gasteiger partial charge on any atom is -0.356 e. The monoisotopic (exact) mass is 143 g/mol. The third-order valence-corrected chi connectivity index (χ3v) is 1.61. The number of nitrogens with one attached hydrogen (secondary N) is 1. The SMILES string of the molecule is CCCNC(=O)[C@@H](C)CC. The summed E-state index contributed by atoms with van der Waals surface area (Å²) in [5.41, 5.74) is 0. The zero-order valence-electron chi connectivity index (χ0n) is 7.11. The van der Waals surface area contributed by atoms with Gasteiger partial charge in [0.05, 0.1) is 0 Å². The van der Waals surface area contributed by atoms with Crippen molar-refractivity contribution in [2.75, 3.05) is 6.54 Å². The highest BCUT2D eigenvalue weighted by atomic mass is 16.1. The minimum absolute atomic E-state index is 0.173. The van der Waals surface area contributed by atoms with Crippen molar-refractivity contribution in [1.29, 1.82) is 0 Å². The summed E-state index contributed by atoms with van der Waals surface area (Å²) in [7, 11) is 0. The quantitative estimate of drug-likeness (QED) is 0.635. The third-order valence-electron chi connectivity index (χ3n) is 1.61. The lowest BCUT2D eigenvalue weighted by atomic mass is 10.1. The maximum Gasteiger partial charge on any atom is 0.222 e. The number of hydrogen-bond donors (Lipinski definition) is 1. The van der Waals surface area contributed by atoms with Crippen molar-refractivity contribution in [2.45, 2.75) is 33.6 Å². The fraction of sp³-hybridized carbons (Fsp3) is 0.875. The van der Waals surface area contributed by atoms with Gasteiger partial charge in [0, 0.05) is 12.5 Å². The van der Waals surface area contributed by atoms with Crippen molar-refractivity contribution in [2.24, 2.45) is 5.92 Å². The van der Waals surface area contributed by atoms with Gasteiger partial charge >= 0.3 is 0 Å². The average Bonchev–Trinajstić information content (AvgIpc) is 1.98. The molecule has 0 rings (SSSR count). The Kier molecular flexibility index (Phi) is 4.99. The summed E-state index contributed by atoms with van der Waals surface area (Å²) in [5.74, 6) is 0.357. The molecular weight excluding hydrogens is 126 g/mol. The second-order valence-electron chi connectivity index (χ2n) is 2.60. The van der Waals surface area contributed by atoms with Crippen LogP contribution in [0.2, 0.25) is 0 Å². The largest absolute Gasteiger partial charge is 0.356 e. The Labute approximate surface area is 63.0 Å². The van der Waals surface area contributed by atoms with Crippen LogP contribution in [-0.4, -0.2) is 12.5 Å². The molecule has 0 aliphatic heterocycles. The molecule has 0 heterocycles. The first kappa shape index (κ1) is 9.47. The molecule has 60 valence electrons. The highest BCUT2D eigenvalue weighted by molar-refractivity contribution is 5.78. The first-order valence-corrected chi connectivity index (χ1v) is 4.00. The molecule has 0 aromatic rings. The van der Waals surface area contributed by atoms with Gasteiger partial charge in [-0.1, -0.05) is 20.8 Å². The number of hydrogen-bond acceptors (Lipinski definition) is 1. The van der Waals surface area contributed by atoms with Crippen molar-refractivity contribution in [3.63, 3.8) is 0 Å². The highest BCUT2D eigenvalue weighted by Crippen LogP contribution is 1.98. The maximum absolute atomic E-state index is 11.0. The van der Waals surface area contributed by atoms with E-state index < -0.39 is 0 Å². The van der Waals surface area contributed by atoms with Gasteiger partial charge in [-0.2, -0.15) is 0 Å². The Balaban J connectivity index is 3.42. The predicted molar refractivity (Wildman–Crippen MR) is 42.8 cm³/mol. The van der Waals surface area contributed by atoms with E-state index >= 15 is 0 Å². The van der Waals surface area contributed by atoms with Crippen LogP contribution in [0.25, 0.3) is 0 Å². The molecule has 2 heteroatoms. The number of rotatable bonds is 4. The topological polar surface area (TPSA) is 29.1 Å². The van der Waals surface area contributed by atoms with Gasteiger partial charge in [-0.25, -0.2) is 0 Å². The molecule has 0 fully saturated rings. The molecule has 1 amide bonds. The van der Waals surface area contributed by atoms with Gasteiger partial charge < -0.3 is 5.32 Å². The minimum atomic E-state index is 0.173. The van der Waals surface area contributed by atoms with Crippen LogP contribution in [0.1, 0.15) is 33.6 Å². The fourth-order valence-corrected chi connectivity index (χ4v) is 0.608. The summed E-state index contributed by atoms with van der Waals surface area (Å²) in [4.78, 5) is 11.0. The first-order valence-electron chi connectivity index (χ1n) is 4.00. The molecule has 0 bridgehead atoms. The van der Waals surface area contributed by atoms with Crippen LogP contribution in [0.15, 0.2) is 0 Å². The van der Waals surface area contributed by atoms with Crippen molar-refractivity contribution in [3.8, 4) is 0 Å². The molecule has 0 spiro atoms. The second kappa shape index (κ2) is 5.27. The Morgan fingerprint density at radius 1 is 1.50 bits per heavy atom. The van der Waals surface area contributed by atoms with Gasteiger partial charge in [0.2, 0.25) is 5.91 Å². The van der Waals surface area contributed by atoms with E-state index in [1.54, 1.807) is 0 Å². The number of amides is 1. The molecule has 10 heavy (non-hydrogen) atoms. The van der Waals surface area contributed by atoms with E-state index in [-0.39, 0.29) is 11.8 Å². The molecule has 0 saturated carbocycles. The van der Waals surface area contributed by atoms with E-state index in [1.165, 1.54) is 0 Å². The molecule has 0 aliphatic rings. The van der Waals surface area contributed by atoms with E-state index in [0.29, 0.717) is 0 Å². The lowest BCUT2D eigenvalue weighted by molar-refractivity contribution is -0.124. The average molecular weight is 143 g/mol. The van der Waals surface area contributed by atoms with E-state index in [1.807, 2.05) is 13.8 Å². The number of carbonyl (C=O) groups is 1. The fourth-order valence-electron chi connectivity index (χ4n) is 0.608. The molecular formula is C8H17NO. The zero-order valence-corrected chi connectivity index (χ0v) is 7.11.